The average molecular weight is 212 g/mol. The third-order valence-corrected chi connectivity index (χ3v) is 3.46. The number of nitrogens with one attached hydrogen (secondary N) is 1. The van der Waals surface area contributed by atoms with Crippen LogP contribution in [0.4, 0.5) is 0 Å². The Labute approximate surface area is 93.2 Å². The molecule has 1 fully saturated rings. The largest absolute Gasteiger partial charge is 0.340 e. The molecule has 0 saturated carbocycles. The zero-order valence-electron chi connectivity index (χ0n) is 10.3. The van der Waals surface area contributed by atoms with Gasteiger partial charge in [-0.05, 0) is 32.2 Å². The highest BCUT2D eigenvalue weighted by atomic mass is 16.2. The van der Waals surface area contributed by atoms with Gasteiger partial charge in [-0.1, -0.05) is 13.8 Å². The zero-order valence-corrected chi connectivity index (χ0v) is 10.3. The molecule has 88 valence electrons. The van der Waals surface area contributed by atoms with Crippen LogP contribution in [0.25, 0.3) is 0 Å². The molecule has 0 aromatic heterocycles. The average Bonchev–Trinajstić information content (AvgIpc) is 2.22. The SMILES string of the molecule is CCNCCC(=O)N1CCCC(C)C1C. The van der Waals surface area contributed by atoms with E-state index in [9.17, 15) is 4.79 Å². The Bertz CT molecular complexity index is 206. The number of piperidine rings is 1. The summed E-state index contributed by atoms with van der Waals surface area (Å²) in [5, 5.41) is 3.20. The molecule has 1 saturated heterocycles. The first-order valence-corrected chi connectivity index (χ1v) is 6.17. The van der Waals surface area contributed by atoms with E-state index in [0.717, 1.165) is 19.6 Å². The van der Waals surface area contributed by atoms with Crippen LogP contribution < -0.4 is 5.32 Å². The van der Waals surface area contributed by atoms with Gasteiger partial charge in [-0.15, -0.1) is 0 Å². The molecule has 0 aliphatic carbocycles. The summed E-state index contributed by atoms with van der Waals surface area (Å²) in [4.78, 5) is 14.0. The second-order valence-electron chi connectivity index (χ2n) is 4.55. The maximum absolute atomic E-state index is 11.9. The third-order valence-electron chi connectivity index (χ3n) is 3.46. The highest BCUT2D eigenvalue weighted by Crippen LogP contribution is 2.23. The van der Waals surface area contributed by atoms with E-state index in [0.29, 0.717) is 24.3 Å². The van der Waals surface area contributed by atoms with Crippen LogP contribution in [0, 0.1) is 5.92 Å². The quantitative estimate of drug-likeness (QED) is 0.718. The van der Waals surface area contributed by atoms with Crippen LogP contribution in [0.3, 0.4) is 0 Å². The van der Waals surface area contributed by atoms with E-state index < -0.39 is 0 Å². The maximum Gasteiger partial charge on any atom is 0.224 e. The highest BCUT2D eigenvalue weighted by molar-refractivity contribution is 5.76. The first-order valence-electron chi connectivity index (χ1n) is 6.17. The number of hydrogen-bond acceptors (Lipinski definition) is 2. The van der Waals surface area contributed by atoms with Gasteiger partial charge < -0.3 is 10.2 Å². The van der Waals surface area contributed by atoms with Crippen molar-refractivity contribution in [3.05, 3.63) is 0 Å². The lowest BCUT2D eigenvalue weighted by Gasteiger charge is -2.38. The van der Waals surface area contributed by atoms with Crippen LogP contribution in [-0.4, -0.2) is 36.5 Å². The number of nitrogens with zero attached hydrogens (tertiary/aromatic N) is 1. The van der Waals surface area contributed by atoms with Gasteiger partial charge in [0.1, 0.15) is 0 Å². The van der Waals surface area contributed by atoms with Crippen molar-refractivity contribution in [3.63, 3.8) is 0 Å². The first-order chi connectivity index (χ1) is 7.16. The fourth-order valence-electron chi connectivity index (χ4n) is 2.20. The van der Waals surface area contributed by atoms with Gasteiger partial charge in [0.05, 0.1) is 0 Å². The van der Waals surface area contributed by atoms with Crippen LogP contribution >= 0.6 is 0 Å². The van der Waals surface area contributed by atoms with Crippen LogP contribution in [0.2, 0.25) is 0 Å². The van der Waals surface area contributed by atoms with Crippen molar-refractivity contribution >= 4 is 5.91 Å². The Morgan fingerprint density at radius 2 is 2.20 bits per heavy atom. The van der Waals surface area contributed by atoms with Crippen molar-refractivity contribution in [2.75, 3.05) is 19.6 Å². The summed E-state index contributed by atoms with van der Waals surface area (Å²) in [7, 11) is 0. The van der Waals surface area contributed by atoms with Crippen molar-refractivity contribution in [3.8, 4) is 0 Å². The van der Waals surface area contributed by atoms with E-state index in [1.54, 1.807) is 0 Å². The summed E-state index contributed by atoms with van der Waals surface area (Å²) in [5.74, 6) is 0.969. The van der Waals surface area contributed by atoms with Crippen molar-refractivity contribution < 1.29 is 4.79 Å². The Hall–Kier alpha value is -0.570. The molecule has 0 radical (unpaired) electrons. The topological polar surface area (TPSA) is 32.3 Å². The van der Waals surface area contributed by atoms with E-state index in [4.69, 9.17) is 0 Å². The van der Waals surface area contributed by atoms with Gasteiger partial charge >= 0.3 is 0 Å². The fourth-order valence-corrected chi connectivity index (χ4v) is 2.20. The molecule has 1 N–H and O–H groups in total. The molecule has 2 unspecified atom stereocenters. The minimum absolute atomic E-state index is 0.315. The lowest BCUT2D eigenvalue weighted by Crippen LogP contribution is -2.46. The minimum Gasteiger partial charge on any atom is -0.340 e. The van der Waals surface area contributed by atoms with Crippen molar-refractivity contribution in [1.82, 2.24) is 10.2 Å². The van der Waals surface area contributed by atoms with Gasteiger partial charge in [-0.3, -0.25) is 4.79 Å². The number of amides is 1. The summed E-state index contributed by atoms with van der Waals surface area (Å²) >= 11 is 0. The van der Waals surface area contributed by atoms with Gasteiger partial charge in [0.2, 0.25) is 5.91 Å². The number of hydrogen-bond donors (Lipinski definition) is 1. The standard InChI is InChI=1S/C12H24N2O/c1-4-13-8-7-12(15)14-9-5-6-10(2)11(14)3/h10-11,13H,4-9H2,1-3H3. The van der Waals surface area contributed by atoms with Crippen LogP contribution in [0.15, 0.2) is 0 Å². The zero-order chi connectivity index (χ0) is 11.3. The lowest BCUT2D eigenvalue weighted by atomic mass is 9.92. The monoisotopic (exact) mass is 212 g/mol. The molecule has 1 aliphatic rings. The molecular formula is C12H24N2O. The molecule has 0 aromatic carbocycles. The lowest BCUT2D eigenvalue weighted by molar-refractivity contribution is -0.135. The number of carbonyl (C=O) groups excluding carboxylic acids is 1. The summed E-state index contributed by atoms with van der Waals surface area (Å²) < 4.78 is 0. The van der Waals surface area contributed by atoms with Gasteiger partial charge in [-0.2, -0.15) is 0 Å². The van der Waals surface area contributed by atoms with E-state index in [2.05, 4.69) is 31.0 Å². The first kappa shape index (κ1) is 12.5. The number of carbonyl (C=O) groups is 1. The molecule has 1 aliphatic heterocycles. The highest BCUT2D eigenvalue weighted by Gasteiger charge is 2.27. The summed E-state index contributed by atoms with van der Waals surface area (Å²) in [5.41, 5.74) is 0. The van der Waals surface area contributed by atoms with Gasteiger partial charge in [0, 0.05) is 25.6 Å². The van der Waals surface area contributed by atoms with Crippen molar-refractivity contribution in [2.45, 2.75) is 46.1 Å². The molecule has 3 heteroatoms. The van der Waals surface area contributed by atoms with E-state index in [1.165, 1.54) is 12.8 Å². The molecule has 3 nitrogen and oxygen atoms in total. The minimum atomic E-state index is 0.315. The molecule has 1 heterocycles. The molecule has 2 atom stereocenters. The second-order valence-corrected chi connectivity index (χ2v) is 4.55. The van der Waals surface area contributed by atoms with Crippen molar-refractivity contribution in [1.29, 1.82) is 0 Å². The predicted molar refractivity (Wildman–Crippen MR) is 62.7 cm³/mol. The summed E-state index contributed by atoms with van der Waals surface area (Å²) in [6, 6.07) is 0.424. The summed E-state index contributed by atoms with van der Waals surface area (Å²) in [6.45, 7) is 9.20. The van der Waals surface area contributed by atoms with E-state index in [1.807, 2.05) is 0 Å². The Balaban J connectivity index is 2.37. The normalized spacial score (nSPS) is 26.7. The van der Waals surface area contributed by atoms with Crippen molar-refractivity contribution in [2.24, 2.45) is 5.92 Å². The Morgan fingerprint density at radius 3 is 2.87 bits per heavy atom. The maximum atomic E-state index is 11.9. The molecular weight excluding hydrogens is 188 g/mol. The third kappa shape index (κ3) is 3.49. The Kier molecular flexibility index (Phi) is 5.09. The molecule has 0 spiro atoms. The molecule has 0 bridgehead atoms. The molecule has 1 amide bonds. The van der Waals surface area contributed by atoms with E-state index >= 15 is 0 Å². The molecule has 1 rings (SSSR count). The van der Waals surface area contributed by atoms with Crippen LogP contribution in [0.5, 0.6) is 0 Å². The smallest absolute Gasteiger partial charge is 0.224 e. The van der Waals surface area contributed by atoms with Crippen LogP contribution in [-0.2, 0) is 4.79 Å². The predicted octanol–water partition coefficient (Wildman–Crippen LogP) is 1.63. The second kappa shape index (κ2) is 6.11. The molecule has 0 aromatic rings. The number of rotatable bonds is 4. The van der Waals surface area contributed by atoms with Gasteiger partial charge in [-0.25, -0.2) is 0 Å². The Morgan fingerprint density at radius 1 is 1.47 bits per heavy atom. The van der Waals surface area contributed by atoms with E-state index in [-0.39, 0.29) is 0 Å². The number of likely N-dealkylation sites (tertiary alicyclic amines) is 1. The summed E-state index contributed by atoms with van der Waals surface area (Å²) in [6.07, 6.45) is 3.07. The van der Waals surface area contributed by atoms with Gasteiger partial charge in [0.25, 0.3) is 0 Å². The molecule has 15 heavy (non-hydrogen) atoms. The van der Waals surface area contributed by atoms with Crippen LogP contribution in [0.1, 0.15) is 40.0 Å². The fraction of sp³-hybridized carbons (Fsp3) is 0.917. The van der Waals surface area contributed by atoms with Gasteiger partial charge in [0.15, 0.2) is 0 Å².